The Morgan fingerprint density at radius 1 is 1.21 bits per heavy atom. The van der Waals surface area contributed by atoms with Crippen LogP contribution in [-0.4, -0.2) is 26.4 Å². The van der Waals surface area contributed by atoms with Crippen molar-refractivity contribution in [2.45, 2.75) is 26.3 Å². The highest BCUT2D eigenvalue weighted by Gasteiger charge is 2.27. The summed E-state index contributed by atoms with van der Waals surface area (Å²) >= 11 is 0. The van der Waals surface area contributed by atoms with E-state index in [4.69, 9.17) is 9.47 Å². The van der Waals surface area contributed by atoms with Crippen LogP contribution in [0.2, 0.25) is 0 Å². The minimum atomic E-state index is -0.411. The first-order valence-electron chi connectivity index (χ1n) is 6.48. The van der Waals surface area contributed by atoms with E-state index in [1.54, 1.807) is 13.2 Å². The molecule has 0 bridgehead atoms. The molecule has 0 aromatic carbocycles. The van der Waals surface area contributed by atoms with Gasteiger partial charge in [0.2, 0.25) is 0 Å². The van der Waals surface area contributed by atoms with Crippen molar-refractivity contribution >= 4 is 0 Å². The van der Waals surface area contributed by atoms with Gasteiger partial charge in [-0.1, -0.05) is 0 Å². The van der Waals surface area contributed by atoms with Gasteiger partial charge >= 0.3 is 0 Å². The second-order valence-electron chi connectivity index (χ2n) is 4.84. The molecule has 4 heteroatoms. The average Bonchev–Trinajstić information content (AvgIpc) is 2.36. The molecule has 1 heterocycles. The van der Waals surface area contributed by atoms with E-state index in [0.717, 1.165) is 29.0 Å². The Morgan fingerprint density at radius 3 is 2.74 bits per heavy atom. The van der Waals surface area contributed by atoms with E-state index in [1.807, 2.05) is 26.0 Å². The molecule has 0 spiro atoms. The molecule has 2 aliphatic rings. The van der Waals surface area contributed by atoms with Crippen LogP contribution in [0.1, 0.15) is 20.3 Å². The Bertz CT molecular complexity index is 475. The van der Waals surface area contributed by atoms with Crippen molar-refractivity contribution in [1.29, 1.82) is 0 Å². The molecule has 2 rings (SSSR count). The third-order valence-electron chi connectivity index (χ3n) is 3.09. The maximum Gasteiger partial charge on any atom is 0.127 e. The van der Waals surface area contributed by atoms with Crippen LogP contribution in [0.3, 0.4) is 0 Å². The predicted molar refractivity (Wildman–Crippen MR) is 73.1 cm³/mol. The largest absolute Gasteiger partial charge is 0.493 e. The van der Waals surface area contributed by atoms with Gasteiger partial charge in [0, 0.05) is 31.4 Å². The highest BCUT2D eigenvalue weighted by Crippen LogP contribution is 2.30. The smallest absolute Gasteiger partial charge is 0.127 e. The van der Waals surface area contributed by atoms with Gasteiger partial charge in [-0.25, -0.2) is 4.39 Å². The Morgan fingerprint density at radius 2 is 2.00 bits per heavy atom. The van der Waals surface area contributed by atoms with Gasteiger partial charge in [0.1, 0.15) is 17.6 Å². The number of nitrogens with one attached hydrogen (secondary N) is 1. The lowest BCUT2D eigenvalue weighted by Crippen LogP contribution is -2.35. The molecule has 1 N–H and O–H groups in total. The highest BCUT2D eigenvalue weighted by molar-refractivity contribution is 5.50. The average molecular weight is 265 g/mol. The number of allylic oxidation sites excluding steroid dienone is 4. The summed E-state index contributed by atoms with van der Waals surface area (Å²) in [4.78, 5) is 0. The van der Waals surface area contributed by atoms with Gasteiger partial charge in [-0.05, 0) is 37.6 Å². The number of hydrogen-bond acceptors (Lipinski definition) is 3. The van der Waals surface area contributed by atoms with Crippen molar-refractivity contribution in [2.75, 3.05) is 20.3 Å². The quantitative estimate of drug-likeness (QED) is 0.775. The minimum absolute atomic E-state index is 0.166. The summed E-state index contributed by atoms with van der Waals surface area (Å²) in [5.74, 6) is 0.584. The molecular formula is C15H20FNO2. The van der Waals surface area contributed by atoms with Crippen LogP contribution in [0.4, 0.5) is 4.39 Å². The number of hydrogen-bond donors (Lipinski definition) is 1. The van der Waals surface area contributed by atoms with Crippen LogP contribution >= 0.6 is 0 Å². The normalized spacial score (nSPS) is 22.1. The fourth-order valence-corrected chi connectivity index (χ4v) is 2.24. The predicted octanol–water partition coefficient (Wildman–Crippen LogP) is 2.98. The number of halogens is 1. The zero-order valence-corrected chi connectivity index (χ0v) is 11.6. The van der Waals surface area contributed by atoms with E-state index in [0.29, 0.717) is 13.2 Å². The summed E-state index contributed by atoms with van der Waals surface area (Å²) in [6, 6.07) is -0.411. The standard InChI is InChI=1S/C15H20FNO2/c1-10-7-12-14(19-6-4-5-18-3)9-11(2)17-15(12)13(16)8-10/h7-9,15,17H,4-6H2,1-3H3. The summed E-state index contributed by atoms with van der Waals surface area (Å²) in [5, 5.41) is 3.13. The van der Waals surface area contributed by atoms with Crippen molar-refractivity contribution in [2.24, 2.45) is 0 Å². The van der Waals surface area contributed by atoms with Gasteiger partial charge in [0.25, 0.3) is 0 Å². The van der Waals surface area contributed by atoms with E-state index < -0.39 is 6.04 Å². The summed E-state index contributed by atoms with van der Waals surface area (Å²) in [6.45, 7) is 5.03. The Balaban J connectivity index is 2.18. The zero-order chi connectivity index (χ0) is 13.8. The molecule has 104 valence electrons. The fourth-order valence-electron chi connectivity index (χ4n) is 2.24. The van der Waals surface area contributed by atoms with Crippen LogP contribution < -0.4 is 5.32 Å². The lowest BCUT2D eigenvalue weighted by molar-refractivity contribution is 0.147. The molecule has 0 saturated carbocycles. The maximum atomic E-state index is 14.0. The van der Waals surface area contributed by atoms with E-state index in [2.05, 4.69) is 5.32 Å². The topological polar surface area (TPSA) is 30.5 Å². The van der Waals surface area contributed by atoms with E-state index >= 15 is 0 Å². The summed E-state index contributed by atoms with van der Waals surface area (Å²) in [5.41, 5.74) is 2.67. The Hall–Kier alpha value is -1.55. The first-order valence-corrected chi connectivity index (χ1v) is 6.48. The van der Waals surface area contributed by atoms with Crippen LogP contribution in [0.25, 0.3) is 0 Å². The van der Waals surface area contributed by atoms with Gasteiger partial charge in [0.15, 0.2) is 0 Å². The van der Waals surface area contributed by atoms with Crippen molar-refractivity contribution in [3.63, 3.8) is 0 Å². The molecular weight excluding hydrogens is 245 g/mol. The van der Waals surface area contributed by atoms with Gasteiger partial charge in [-0.2, -0.15) is 0 Å². The van der Waals surface area contributed by atoms with Crippen LogP contribution in [0, 0.1) is 0 Å². The first-order chi connectivity index (χ1) is 9.11. The third kappa shape index (κ3) is 3.26. The Kier molecular flexibility index (Phi) is 4.43. The molecule has 0 fully saturated rings. The lowest BCUT2D eigenvalue weighted by atomic mass is 9.93. The number of dihydropyridines is 1. The van der Waals surface area contributed by atoms with Crippen molar-refractivity contribution in [3.8, 4) is 0 Å². The van der Waals surface area contributed by atoms with E-state index in [-0.39, 0.29) is 5.83 Å². The van der Waals surface area contributed by atoms with Gasteiger partial charge in [-0.15, -0.1) is 0 Å². The van der Waals surface area contributed by atoms with Crippen molar-refractivity contribution in [1.82, 2.24) is 5.32 Å². The molecule has 19 heavy (non-hydrogen) atoms. The molecule has 0 amide bonds. The highest BCUT2D eigenvalue weighted by atomic mass is 19.1. The maximum absolute atomic E-state index is 14.0. The van der Waals surface area contributed by atoms with Gasteiger partial charge in [0.05, 0.1) is 6.61 Å². The Labute approximate surface area is 113 Å². The number of methoxy groups -OCH3 is 1. The molecule has 1 unspecified atom stereocenters. The fraction of sp³-hybridized carbons (Fsp3) is 0.467. The van der Waals surface area contributed by atoms with Crippen LogP contribution in [-0.2, 0) is 9.47 Å². The monoisotopic (exact) mass is 265 g/mol. The summed E-state index contributed by atoms with van der Waals surface area (Å²) in [6.07, 6.45) is 6.26. The third-order valence-corrected chi connectivity index (χ3v) is 3.09. The summed E-state index contributed by atoms with van der Waals surface area (Å²) in [7, 11) is 1.67. The zero-order valence-electron chi connectivity index (χ0n) is 11.6. The van der Waals surface area contributed by atoms with Crippen molar-refractivity contribution in [3.05, 3.63) is 46.7 Å². The molecule has 1 aliphatic heterocycles. The second-order valence-corrected chi connectivity index (χ2v) is 4.84. The first kappa shape index (κ1) is 13.9. The van der Waals surface area contributed by atoms with Gasteiger partial charge in [-0.3, -0.25) is 0 Å². The number of rotatable bonds is 5. The molecule has 1 atom stereocenters. The molecule has 0 saturated heterocycles. The molecule has 0 aromatic rings. The lowest BCUT2D eigenvalue weighted by Gasteiger charge is -2.29. The van der Waals surface area contributed by atoms with Gasteiger partial charge < -0.3 is 14.8 Å². The van der Waals surface area contributed by atoms with Crippen molar-refractivity contribution < 1.29 is 13.9 Å². The van der Waals surface area contributed by atoms with E-state index in [9.17, 15) is 4.39 Å². The SMILES string of the molecule is COCCCOC1=C2C=C(C)C=C(F)C2NC(C)=C1. The number of ether oxygens (including phenoxy) is 2. The van der Waals surface area contributed by atoms with E-state index in [1.165, 1.54) is 0 Å². The van der Waals surface area contributed by atoms with Crippen LogP contribution in [0.5, 0.6) is 0 Å². The molecule has 3 nitrogen and oxygen atoms in total. The second kappa shape index (κ2) is 6.06. The minimum Gasteiger partial charge on any atom is -0.493 e. The van der Waals surface area contributed by atoms with Crippen LogP contribution in [0.15, 0.2) is 46.7 Å². The number of fused-ring (bicyclic) bond motifs is 1. The molecule has 0 radical (unpaired) electrons. The molecule has 0 aromatic heterocycles. The summed E-state index contributed by atoms with van der Waals surface area (Å²) < 4.78 is 24.7. The molecule has 1 aliphatic carbocycles.